The molecule has 0 unspecified atom stereocenters. The van der Waals surface area contributed by atoms with Crippen molar-refractivity contribution in [3.63, 3.8) is 0 Å². The third-order valence-corrected chi connectivity index (χ3v) is 6.59. The Balaban J connectivity index is 2.08. The van der Waals surface area contributed by atoms with E-state index >= 15 is 0 Å². The lowest BCUT2D eigenvalue weighted by Gasteiger charge is -2.37. The van der Waals surface area contributed by atoms with E-state index in [0.717, 1.165) is 12.1 Å². The van der Waals surface area contributed by atoms with Crippen molar-refractivity contribution in [2.45, 2.75) is 37.7 Å². The van der Waals surface area contributed by atoms with Gasteiger partial charge in [0.2, 0.25) is 5.91 Å². The van der Waals surface area contributed by atoms with Gasteiger partial charge in [0.05, 0.1) is 23.0 Å². The Morgan fingerprint density at radius 1 is 1.22 bits per heavy atom. The molecule has 0 spiro atoms. The molecule has 1 amide bonds. The first-order valence-electron chi connectivity index (χ1n) is 7.19. The fraction of sp³-hybridized carbons (Fsp3) is 0.533. The number of alkyl halides is 3. The van der Waals surface area contributed by atoms with Crippen LogP contribution in [0.4, 0.5) is 13.2 Å². The lowest BCUT2D eigenvalue weighted by Crippen LogP contribution is -2.54. The lowest BCUT2D eigenvalue weighted by molar-refractivity contribution is -0.137. The van der Waals surface area contributed by atoms with Crippen LogP contribution in [0.3, 0.4) is 0 Å². The first-order chi connectivity index (χ1) is 10.5. The average molecular weight is 349 g/mol. The second-order valence-electron chi connectivity index (χ2n) is 5.77. The molecule has 0 bridgehead atoms. The van der Waals surface area contributed by atoms with Gasteiger partial charge < -0.3 is 4.90 Å². The van der Waals surface area contributed by atoms with E-state index in [4.69, 9.17) is 0 Å². The number of hydrogen-bond donors (Lipinski definition) is 0. The fourth-order valence-electron chi connectivity index (χ4n) is 2.61. The van der Waals surface area contributed by atoms with E-state index in [0.29, 0.717) is 5.56 Å². The number of hydrogen-bond acceptors (Lipinski definition) is 3. The molecule has 0 aliphatic carbocycles. The summed E-state index contributed by atoms with van der Waals surface area (Å²) in [6.07, 6.45) is -4.46. The summed E-state index contributed by atoms with van der Waals surface area (Å²) in [5, 5.41) is -0.646. The minimum absolute atomic E-state index is 0.0464. The summed E-state index contributed by atoms with van der Waals surface area (Å²) in [6, 6.07) is 3.98. The molecule has 0 saturated carbocycles. The molecule has 23 heavy (non-hydrogen) atoms. The summed E-state index contributed by atoms with van der Waals surface area (Å²) in [4.78, 5) is 13.8. The van der Waals surface area contributed by atoms with Crippen LogP contribution in [0.25, 0.3) is 0 Å². The van der Waals surface area contributed by atoms with Crippen molar-refractivity contribution < 1.29 is 26.4 Å². The van der Waals surface area contributed by atoms with Crippen molar-refractivity contribution >= 4 is 15.7 Å². The molecule has 0 aromatic heterocycles. The normalized spacial score (nSPS) is 24.5. The van der Waals surface area contributed by atoms with Gasteiger partial charge >= 0.3 is 6.18 Å². The van der Waals surface area contributed by atoms with Gasteiger partial charge in [0.25, 0.3) is 0 Å². The number of amides is 1. The van der Waals surface area contributed by atoms with Crippen molar-refractivity contribution in [3.8, 4) is 0 Å². The Bertz CT molecular complexity index is 683. The zero-order valence-electron chi connectivity index (χ0n) is 12.8. The van der Waals surface area contributed by atoms with Crippen molar-refractivity contribution in [1.29, 1.82) is 0 Å². The first kappa shape index (κ1) is 17.8. The molecule has 1 aromatic rings. The van der Waals surface area contributed by atoms with Crippen LogP contribution in [-0.2, 0) is 27.2 Å². The second-order valence-corrected chi connectivity index (χ2v) is 8.25. The second kappa shape index (κ2) is 6.14. The number of carbonyl (C=O) groups excluding carboxylic acids is 1. The number of carbonyl (C=O) groups is 1. The summed E-state index contributed by atoms with van der Waals surface area (Å²) in [5.74, 6) is -0.365. The average Bonchev–Trinajstić information content (AvgIpc) is 2.44. The van der Waals surface area contributed by atoms with Crippen LogP contribution in [0, 0.1) is 0 Å². The molecule has 1 fully saturated rings. The topological polar surface area (TPSA) is 54.5 Å². The molecule has 8 heteroatoms. The highest BCUT2D eigenvalue weighted by Gasteiger charge is 2.37. The highest BCUT2D eigenvalue weighted by atomic mass is 32.2. The molecule has 1 heterocycles. The predicted molar refractivity (Wildman–Crippen MR) is 79.6 cm³/mol. The Morgan fingerprint density at radius 3 is 2.30 bits per heavy atom. The molecule has 2 rings (SSSR count). The highest BCUT2D eigenvalue weighted by molar-refractivity contribution is 7.92. The minimum atomic E-state index is -4.41. The molecule has 1 aromatic carbocycles. The van der Waals surface area contributed by atoms with Crippen molar-refractivity contribution in [3.05, 3.63) is 35.4 Å². The zero-order valence-corrected chi connectivity index (χ0v) is 13.6. The van der Waals surface area contributed by atoms with Crippen LogP contribution in [0.1, 0.15) is 25.0 Å². The number of nitrogens with zero attached hydrogens (tertiary/aromatic N) is 1. The monoisotopic (exact) mass is 349 g/mol. The maximum Gasteiger partial charge on any atom is 0.416 e. The summed E-state index contributed by atoms with van der Waals surface area (Å²) < 4.78 is 61.1. The molecule has 128 valence electrons. The largest absolute Gasteiger partial charge is 0.416 e. The predicted octanol–water partition coefficient (Wildman–Crippen LogP) is 2.28. The van der Waals surface area contributed by atoms with E-state index in [9.17, 15) is 26.4 Å². The van der Waals surface area contributed by atoms with E-state index in [1.54, 1.807) is 13.8 Å². The summed E-state index contributed by atoms with van der Waals surface area (Å²) in [7, 11) is -3.19. The van der Waals surface area contributed by atoms with Gasteiger partial charge in [-0.25, -0.2) is 8.42 Å². The van der Waals surface area contributed by atoms with E-state index in [1.165, 1.54) is 17.0 Å². The van der Waals surface area contributed by atoms with Gasteiger partial charge in [-0.15, -0.1) is 0 Å². The van der Waals surface area contributed by atoms with E-state index in [-0.39, 0.29) is 24.6 Å². The van der Waals surface area contributed by atoms with Crippen LogP contribution in [0.15, 0.2) is 24.3 Å². The first-order valence-corrected chi connectivity index (χ1v) is 8.91. The van der Waals surface area contributed by atoms with Crippen LogP contribution >= 0.6 is 0 Å². The van der Waals surface area contributed by atoms with Gasteiger partial charge in [-0.05, 0) is 31.5 Å². The fourth-order valence-corrected chi connectivity index (χ4v) is 4.18. The molecule has 0 radical (unpaired) electrons. The third-order valence-electron chi connectivity index (χ3n) is 4.31. The lowest BCUT2D eigenvalue weighted by atomic mass is 10.1. The Labute approximate surface area is 133 Å². The Kier molecular flexibility index (Phi) is 4.75. The maximum absolute atomic E-state index is 12.5. The summed E-state index contributed by atoms with van der Waals surface area (Å²) in [5.41, 5.74) is -0.295. The van der Waals surface area contributed by atoms with Crippen molar-refractivity contribution in [1.82, 2.24) is 4.90 Å². The molecular weight excluding hydrogens is 331 g/mol. The number of halogens is 3. The molecule has 2 atom stereocenters. The molecule has 1 saturated heterocycles. The SMILES string of the molecule is C[C@@H]1[C@H](C)S(=O)(=O)CCN1C(=O)Cc1ccc(C(F)(F)F)cc1. The molecule has 1 aliphatic heterocycles. The summed E-state index contributed by atoms with van der Waals surface area (Å²) >= 11 is 0. The van der Waals surface area contributed by atoms with Crippen LogP contribution in [-0.4, -0.2) is 42.8 Å². The van der Waals surface area contributed by atoms with Gasteiger partial charge in [-0.3, -0.25) is 4.79 Å². The van der Waals surface area contributed by atoms with Gasteiger partial charge in [0.15, 0.2) is 9.84 Å². The molecule has 1 aliphatic rings. The zero-order chi connectivity index (χ0) is 17.4. The van der Waals surface area contributed by atoms with Crippen LogP contribution in [0.5, 0.6) is 0 Å². The van der Waals surface area contributed by atoms with E-state index in [1.807, 2.05) is 0 Å². The maximum atomic E-state index is 12.5. The van der Waals surface area contributed by atoms with Crippen molar-refractivity contribution in [2.24, 2.45) is 0 Å². The van der Waals surface area contributed by atoms with Gasteiger partial charge in [-0.1, -0.05) is 12.1 Å². The standard InChI is InChI=1S/C15H18F3NO3S/c1-10-11(2)23(21,22)8-7-19(10)14(20)9-12-3-5-13(6-4-12)15(16,17)18/h3-6,10-11H,7-9H2,1-2H3/t10-,11+/m1/s1. The summed E-state index contributed by atoms with van der Waals surface area (Å²) in [6.45, 7) is 3.36. The Morgan fingerprint density at radius 2 is 1.78 bits per heavy atom. The van der Waals surface area contributed by atoms with Gasteiger partial charge in [-0.2, -0.15) is 13.2 Å². The van der Waals surface area contributed by atoms with Gasteiger partial charge in [0.1, 0.15) is 0 Å². The molecule has 4 nitrogen and oxygen atoms in total. The van der Waals surface area contributed by atoms with Crippen LogP contribution < -0.4 is 0 Å². The van der Waals surface area contributed by atoms with Gasteiger partial charge in [0, 0.05) is 12.6 Å². The van der Waals surface area contributed by atoms with Crippen molar-refractivity contribution in [2.75, 3.05) is 12.3 Å². The van der Waals surface area contributed by atoms with Crippen LogP contribution in [0.2, 0.25) is 0 Å². The van der Waals surface area contributed by atoms with E-state index in [2.05, 4.69) is 0 Å². The number of sulfone groups is 1. The van der Waals surface area contributed by atoms with E-state index < -0.39 is 32.9 Å². The number of rotatable bonds is 2. The molecular formula is C15H18F3NO3S. The third kappa shape index (κ3) is 3.85. The quantitative estimate of drug-likeness (QED) is 0.823. The number of benzene rings is 1. The molecule has 0 N–H and O–H groups in total. The highest BCUT2D eigenvalue weighted by Crippen LogP contribution is 2.29. The smallest absolute Gasteiger partial charge is 0.337 e. The minimum Gasteiger partial charge on any atom is -0.337 e. The Hall–Kier alpha value is -1.57.